The van der Waals surface area contributed by atoms with Crippen LogP contribution in [0.1, 0.15) is 41.3 Å². The van der Waals surface area contributed by atoms with Crippen LogP contribution in [-0.2, 0) is 4.79 Å². The molecule has 2 aromatic rings. The van der Waals surface area contributed by atoms with Crippen molar-refractivity contribution < 1.29 is 14.3 Å². The molecule has 2 aromatic carbocycles. The second-order valence-electron chi connectivity index (χ2n) is 6.60. The molecule has 0 saturated carbocycles. The molecule has 0 bridgehead atoms. The highest BCUT2D eigenvalue weighted by Gasteiger charge is 2.12. The van der Waals surface area contributed by atoms with Crippen LogP contribution in [0.5, 0.6) is 5.75 Å². The number of halogens is 2. The van der Waals surface area contributed by atoms with Gasteiger partial charge < -0.3 is 4.74 Å². The van der Waals surface area contributed by atoms with Crippen LogP contribution in [0.15, 0.2) is 36.4 Å². The van der Waals surface area contributed by atoms with E-state index in [0.29, 0.717) is 15.8 Å². The summed E-state index contributed by atoms with van der Waals surface area (Å²) < 4.78 is 5.64. The SMILES string of the molecule is Cc1ccc(C(C)C)c(OCC(=O)NNC(=S)NC(=O)c2cc(Cl)cc(Cl)c2)c1. The largest absolute Gasteiger partial charge is 0.483 e. The van der Waals surface area contributed by atoms with Crippen molar-refractivity contribution in [1.82, 2.24) is 16.2 Å². The molecular weight excluding hydrogens is 433 g/mol. The van der Waals surface area contributed by atoms with Gasteiger partial charge in [-0.1, -0.05) is 49.2 Å². The fourth-order valence-corrected chi connectivity index (χ4v) is 3.11. The number of nitrogens with one attached hydrogen (secondary N) is 3. The topological polar surface area (TPSA) is 79.5 Å². The number of benzene rings is 2. The van der Waals surface area contributed by atoms with Crippen LogP contribution in [0.2, 0.25) is 10.0 Å². The summed E-state index contributed by atoms with van der Waals surface area (Å²) in [6, 6.07) is 10.3. The summed E-state index contributed by atoms with van der Waals surface area (Å²) in [5.74, 6) is -0.0548. The molecule has 0 heterocycles. The number of hydrogen-bond acceptors (Lipinski definition) is 4. The zero-order chi connectivity index (χ0) is 21.6. The third-order valence-corrected chi connectivity index (χ3v) is 4.46. The normalized spacial score (nSPS) is 10.4. The Morgan fingerprint density at radius 2 is 1.72 bits per heavy atom. The Morgan fingerprint density at radius 1 is 1.07 bits per heavy atom. The number of aryl methyl sites for hydroxylation is 1. The average molecular weight is 454 g/mol. The number of hydrogen-bond donors (Lipinski definition) is 3. The van der Waals surface area contributed by atoms with Gasteiger partial charge >= 0.3 is 0 Å². The minimum absolute atomic E-state index is 0.0853. The van der Waals surface area contributed by atoms with Crippen LogP contribution in [0.25, 0.3) is 0 Å². The predicted molar refractivity (Wildman–Crippen MR) is 119 cm³/mol. The van der Waals surface area contributed by atoms with Gasteiger partial charge in [0.25, 0.3) is 11.8 Å². The lowest BCUT2D eigenvalue weighted by Crippen LogP contribution is -2.49. The quantitative estimate of drug-likeness (QED) is 0.468. The Bertz CT molecular complexity index is 915. The number of carbonyl (C=O) groups excluding carboxylic acids is 2. The zero-order valence-corrected chi connectivity index (χ0v) is 18.5. The Morgan fingerprint density at radius 3 is 2.34 bits per heavy atom. The molecule has 154 valence electrons. The van der Waals surface area contributed by atoms with Crippen LogP contribution in [0.3, 0.4) is 0 Å². The minimum Gasteiger partial charge on any atom is -0.483 e. The fourth-order valence-electron chi connectivity index (χ4n) is 2.44. The molecule has 0 atom stereocenters. The third-order valence-electron chi connectivity index (χ3n) is 3.82. The third kappa shape index (κ3) is 7.20. The lowest BCUT2D eigenvalue weighted by Gasteiger charge is -2.15. The highest BCUT2D eigenvalue weighted by molar-refractivity contribution is 7.80. The van der Waals surface area contributed by atoms with Crippen LogP contribution >= 0.6 is 35.4 Å². The molecule has 0 unspecified atom stereocenters. The molecule has 0 aliphatic heterocycles. The first-order chi connectivity index (χ1) is 13.7. The van der Waals surface area contributed by atoms with E-state index in [9.17, 15) is 9.59 Å². The lowest BCUT2D eigenvalue weighted by atomic mass is 10.0. The average Bonchev–Trinajstić information content (AvgIpc) is 2.63. The smallest absolute Gasteiger partial charge is 0.276 e. The number of thiocarbonyl (C=S) groups is 1. The van der Waals surface area contributed by atoms with Crippen molar-refractivity contribution >= 4 is 52.3 Å². The Balaban J connectivity index is 1.84. The van der Waals surface area contributed by atoms with Gasteiger partial charge in [0.15, 0.2) is 11.7 Å². The Kier molecular flexibility index (Phi) is 8.25. The van der Waals surface area contributed by atoms with Gasteiger partial charge in [0.05, 0.1) is 0 Å². The molecule has 0 saturated heterocycles. The molecular formula is C20H21Cl2N3O3S. The first kappa shape index (κ1) is 22.9. The van der Waals surface area contributed by atoms with E-state index in [0.717, 1.165) is 11.1 Å². The van der Waals surface area contributed by atoms with Crippen molar-refractivity contribution in [2.24, 2.45) is 0 Å². The van der Waals surface area contributed by atoms with Crippen LogP contribution < -0.4 is 20.9 Å². The van der Waals surface area contributed by atoms with Crippen molar-refractivity contribution in [3.8, 4) is 5.75 Å². The van der Waals surface area contributed by atoms with Crippen LogP contribution in [0, 0.1) is 6.92 Å². The van der Waals surface area contributed by atoms with E-state index in [-0.39, 0.29) is 23.2 Å². The van der Waals surface area contributed by atoms with Gasteiger partial charge in [0.1, 0.15) is 5.75 Å². The van der Waals surface area contributed by atoms with E-state index in [2.05, 4.69) is 16.2 Å². The van der Waals surface area contributed by atoms with E-state index in [1.54, 1.807) is 0 Å². The molecule has 2 amide bonds. The predicted octanol–water partition coefficient (Wildman–Crippen LogP) is 4.14. The van der Waals surface area contributed by atoms with E-state index >= 15 is 0 Å². The lowest BCUT2D eigenvalue weighted by molar-refractivity contribution is -0.123. The van der Waals surface area contributed by atoms with Crippen molar-refractivity contribution in [2.75, 3.05) is 6.61 Å². The summed E-state index contributed by atoms with van der Waals surface area (Å²) in [6.07, 6.45) is 0. The van der Waals surface area contributed by atoms with E-state index < -0.39 is 11.8 Å². The summed E-state index contributed by atoms with van der Waals surface area (Å²) in [5.41, 5.74) is 7.11. The van der Waals surface area contributed by atoms with Crippen molar-refractivity contribution in [3.63, 3.8) is 0 Å². The summed E-state index contributed by atoms with van der Waals surface area (Å²) in [7, 11) is 0. The number of ether oxygens (including phenoxy) is 1. The second-order valence-corrected chi connectivity index (χ2v) is 7.88. The van der Waals surface area contributed by atoms with Crippen LogP contribution in [-0.4, -0.2) is 23.5 Å². The highest BCUT2D eigenvalue weighted by Crippen LogP contribution is 2.27. The first-order valence-corrected chi connectivity index (χ1v) is 9.91. The van der Waals surface area contributed by atoms with Gasteiger partial charge in [0.2, 0.25) is 0 Å². The van der Waals surface area contributed by atoms with Gasteiger partial charge in [-0.05, 0) is 60.5 Å². The monoisotopic (exact) mass is 453 g/mol. The molecule has 9 heteroatoms. The Hall–Kier alpha value is -2.35. The second kappa shape index (κ2) is 10.4. The molecule has 2 rings (SSSR count). The van der Waals surface area contributed by atoms with E-state index in [1.807, 2.05) is 39.0 Å². The zero-order valence-electron chi connectivity index (χ0n) is 16.1. The van der Waals surface area contributed by atoms with Gasteiger partial charge in [-0.2, -0.15) is 0 Å². The molecule has 29 heavy (non-hydrogen) atoms. The maximum absolute atomic E-state index is 12.2. The maximum Gasteiger partial charge on any atom is 0.276 e. The molecule has 0 aliphatic carbocycles. The van der Waals surface area contributed by atoms with E-state index in [1.165, 1.54) is 18.2 Å². The molecule has 0 fully saturated rings. The molecule has 6 nitrogen and oxygen atoms in total. The molecule has 0 aromatic heterocycles. The van der Waals surface area contributed by atoms with Crippen molar-refractivity contribution in [1.29, 1.82) is 0 Å². The van der Waals surface area contributed by atoms with Crippen molar-refractivity contribution in [3.05, 3.63) is 63.1 Å². The van der Waals surface area contributed by atoms with Gasteiger partial charge in [-0.3, -0.25) is 25.8 Å². The van der Waals surface area contributed by atoms with Gasteiger partial charge in [-0.15, -0.1) is 0 Å². The number of rotatable bonds is 5. The van der Waals surface area contributed by atoms with Gasteiger partial charge in [-0.25, -0.2) is 0 Å². The maximum atomic E-state index is 12.2. The molecule has 0 spiro atoms. The summed E-state index contributed by atoms with van der Waals surface area (Å²) in [5, 5.41) is 2.98. The fraction of sp³-hybridized carbons (Fsp3) is 0.250. The first-order valence-electron chi connectivity index (χ1n) is 8.75. The highest BCUT2D eigenvalue weighted by atomic mass is 35.5. The van der Waals surface area contributed by atoms with Crippen LogP contribution in [0.4, 0.5) is 0 Å². The summed E-state index contributed by atoms with van der Waals surface area (Å²) >= 11 is 16.7. The summed E-state index contributed by atoms with van der Waals surface area (Å²) in [4.78, 5) is 24.2. The standard InChI is InChI=1S/C20H21Cl2N3O3S/c1-11(2)16-5-4-12(3)6-17(16)28-10-18(26)24-25-20(29)23-19(27)13-7-14(21)9-15(22)8-13/h4-9,11H,10H2,1-3H3,(H,24,26)(H2,23,25,27,29). The van der Waals surface area contributed by atoms with E-state index in [4.69, 9.17) is 40.2 Å². The Labute approximate surface area is 184 Å². The summed E-state index contributed by atoms with van der Waals surface area (Å²) in [6.45, 7) is 5.84. The number of hydrazine groups is 1. The van der Waals surface area contributed by atoms with Gasteiger partial charge in [0, 0.05) is 15.6 Å². The molecule has 0 aliphatic rings. The molecule has 0 radical (unpaired) electrons. The number of carbonyl (C=O) groups is 2. The minimum atomic E-state index is -0.515. The molecule has 3 N–H and O–H groups in total. The van der Waals surface area contributed by atoms with Crippen molar-refractivity contribution in [2.45, 2.75) is 26.7 Å². The number of amides is 2.